The third kappa shape index (κ3) is 7.06. The first-order chi connectivity index (χ1) is 17.8. The van der Waals surface area contributed by atoms with Gasteiger partial charge in [-0.3, -0.25) is 15.5 Å². The highest BCUT2D eigenvalue weighted by atomic mass is 19.1. The summed E-state index contributed by atoms with van der Waals surface area (Å²) in [5.41, 5.74) is 0.335. The van der Waals surface area contributed by atoms with Crippen molar-refractivity contribution in [2.45, 2.75) is 52.3 Å². The molecule has 0 spiro atoms. The van der Waals surface area contributed by atoms with E-state index in [1.165, 1.54) is 6.07 Å². The molecule has 0 bridgehead atoms. The van der Waals surface area contributed by atoms with Crippen LogP contribution >= 0.6 is 0 Å². The third-order valence-corrected chi connectivity index (χ3v) is 6.72. The molecule has 0 aliphatic carbocycles. The molecule has 0 unspecified atom stereocenters. The molecule has 0 atom stereocenters. The highest BCUT2D eigenvalue weighted by Crippen LogP contribution is 2.20. The minimum absolute atomic E-state index is 0.00867. The van der Waals surface area contributed by atoms with Crippen LogP contribution in [-0.2, 0) is 29.0 Å². The standard InChI is InChI=1S/C26H35FN6O4/c1-18(2)25(28)30-26(35)32-8-5-20(6-9-32)36-13-14-37-21-4-3-19(22(27)16-21)15-24(34)33-12-11-31-10-7-29-23(31)17-33/h3-4,7,10,16,18,20H,5-6,8-9,11-15,17H2,1-2H3,(H2,28,30,35). The lowest BCUT2D eigenvalue weighted by Gasteiger charge is -2.32. The second-order valence-electron chi connectivity index (χ2n) is 9.69. The van der Waals surface area contributed by atoms with Gasteiger partial charge in [-0.15, -0.1) is 0 Å². The predicted octanol–water partition coefficient (Wildman–Crippen LogP) is 2.81. The summed E-state index contributed by atoms with van der Waals surface area (Å²) in [4.78, 5) is 32.6. The quantitative estimate of drug-likeness (QED) is 0.320. The van der Waals surface area contributed by atoms with Crippen molar-refractivity contribution < 1.29 is 23.5 Å². The molecule has 2 aromatic rings. The Balaban J connectivity index is 1.15. The van der Waals surface area contributed by atoms with E-state index in [4.69, 9.17) is 14.9 Å². The van der Waals surface area contributed by atoms with Gasteiger partial charge >= 0.3 is 6.03 Å². The Bertz CT molecular complexity index is 1110. The minimum atomic E-state index is -0.471. The molecule has 37 heavy (non-hydrogen) atoms. The lowest BCUT2D eigenvalue weighted by atomic mass is 10.1. The molecular weight excluding hydrogens is 479 g/mol. The van der Waals surface area contributed by atoms with Gasteiger partial charge in [0, 0.05) is 50.6 Å². The van der Waals surface area contributed by atoms with Gasteiger partial charge in [0.25, 0.3) is 0 Å². The van der Waals surface area contributed by atoms with Crippen LogP contribution in [0.4, 0.5) is 9.18 Å². The molecule has 1 aromatic heterocycles. The SMILES string of the molecule is CC(C)C(=N)NC(=O)N1CCC(OCCOc2ccc(CC(=O)N3CCn4ccnc4C3)c(F)c2)CC1. The second-order valence-corrected chi connectivity index (χ2v) is 9.69. The van der Waals surface area contributed by atoms with Gasteiger partial charge in [-0.1, -0.05) is 19.9 Å². The summed E-state index contributed by atoms with van der Waals surface area (Å²) in [6, 6.07) is 4.32. The zero-order chi connectivity index (χ0) is 26.4. The lowest BCUT2D eigenvalue weighted by molar-refractivity contribution is -0.132. The van der Waals surface area contributed by atoms with Gasteiger partial charge in [0.15, 0.2) is 0 Å². The molecule has 0 radical (unpaired) electrons. The first-order valence-electron chi connectivity index (χ1n) is 12.7. The Labute approximate surface area is 216 Å². The fourth-order valence-electron chi connectivity index (χ4n) is 4.36. The van der Waals surface area contributed by atoms with E-state index in [9.17, 15) is 14.0 Å². The number of ether oxygens (including phenoxy) is 2. The van der Waals surface area contributed by atoms with Gasteiger partial charge in [0.1, 0.15) is 29.8 Å². The molecule has 3 heterocycles. The van der Waals surface area contributed by atoms with Gasteiger partial charge < -0.3 is 23.8 Å². The zero-order valence-corrected chi connectivity index (χ0v) is 21.4. The smallest absolute Gasteiger partial charge is 0.322 e. The molecule has 2 aliphatic rings. The largest absolute Gasteiger partial charge is 0.491 e. The monoisotopic (exact) mass is 514 g/mol. The molecular formula is C26H35FN6O4. The Hall–Kier alpha value is -3.47. The van der Waals surface area contributed by atoms with Crippen LogP contribution in [0.15, 0.2) is 30.6 Å². The Kier molecular flexibility index (Phi) is 8.75. The van der Waals surface area contributed by atoms with E-state index in [0.717, 1.165) is 5.82 Å². The summed E-state index contributed by atoms with van der Waals surface area (Å²) in [7, 11) is 0. The number of hydrogen-bond acceptors (Lipinski definition) is 6. The number of hydrogen-bond donors (Lipinski definition) is 2. The van der Waals surface area contributed by atoms with E-state index in [1.54, 1.807) is 28.1 Å². The number of amides is 3. The van der Waals surface area contributed by atoms with Gasteiger partial charge in [-0.2, -0.15) is 0 Å². The number of rotatable bonds is 8. The van der Waals surface area contributed by atoms with Crippen molar-refractivity contribution in [3.63, 3.8) is 0 Å². The molecule has 4 rings (SSSR count). The van der Waals surface area contributed by atoms with E-state index in [2.05, 4.69) is 10.3 Å². The van der Waals surface area contributed by atoms with Crippen molar-refractivity contribution in [2.24, 2.45) is 5.92 Å². The normalized spacial score (nSPS) is 16.0. The number of nitrogens with zero attached hydrogens (tertiary/aromatic N) is 4. The van der Waals surface area contributed by atoms with Gasteiger partial charge in [0.2, 0.25) is 5.91 Å². The number of halogens is 1. The number of imidazole rings is 1. The van der Waals surface area contributed by atoms with Crippen LogP contribution in [0.2, 0.25) is 0 Å². The van der Waals surface area contributed by atoms with Crippen molar-refractivity contribution in [2.75, 3.05) is 32.8 Å². The number of amidine groups is 1. The maximum absolute atomic E-state index is 14.6. The molecule has 1 saturated heterocycles. The Morgan fingerprint density at radius 2 is 1.95 bits per heavy atom. The van der Waals surface area contributed by atoms with E-state index in [-0.39, 0.29) is 42.8 Å². The molecule has 200 valence electrons. The van der Waals surface area contributed by atoms with Crippen molar-refractivity contribution in [1.29, 1.82) is 5.41 Å². The first-order valence-corrected chi connectivity index (χ1v) is 12.7. The van der Waals surface area contributed by atoms with Gasteiger partial charge in [0.05, 0.1) is 25.7 Å². The summed E-state index contributed by atoms with van der Waals surface area (Å²) in [6.45, 7) is 7.18. The molecule has 11 heteroatoms. The van der Waals surface area contributed by atoms with Crippen LogP contribution in [0.5, 0.6) is 5.75 Å². The van der Waals surface area contributed by atoms with Crippen LogP contribution in [0.3, 0.4) is 0 Å². The van der Waals surface area contributed by atoms with Crippen LogP contribution in [0.25, 0.3) is 0 Å². The maximum Gasteiger partial charge on any atom is 0.322 e. The number of carbonyl (C=O) groups is 2. The predicted molar refractivity (Wildman–Crippen MR) is 135 cm³/mol. The fourth-order valence-corrected chi connectivity index (χ4v) is 4.36. The molecule has 2 aliphatic heterocycles. The summed E-state index contributed by atoms with van der Waals surface area (Å²) in [6.07, 6.45) is 5.05. The average molecular weight is 515 g/mol. The number of urea groups is 1. The van der Waals surface area contributed by atoms with Crippen LogP contribution in [0.1, 0.15) is 38.1 Å². The summed E-state index contributed by atoms with van der Waals surface area (Å²) in [5, 5.41) is 10.4. The van der Waals surface area contributed by atoms with Crippen LogP contribution in [-0.4, -0.2) is 76.1 Å². The van der Waals surface area contributed by atoms with Crippen LogP contribution < -0.4 is 10.1 Å². The molecule has 3 amide bonds. The topological polar surface area (TPSA) is 113 Å². The summed E-state index contributed by atoms with van der Waals surface area (Å²) >= 11 is 0. The van der Waals surface area contributed by atoms with Crippen molar-refractivity contribution in [3.8, 4) is 5.75 Å². The molecule has 10 nitrogen and oxygen atoms in total. The number of fused-ring (bicyclic) bond motifs is 1. The lowest BCUT2D eigenvalue weighted by Crippen LogP contribution is -2.48. The van der Waals surface area contributed by atoms with Gasteiger partial charge in [-0.25, -0.2) is 14.2 Å². The number of likely N-dealkylation sites (tertiary alicyclic amines) is 1. The first kappa shape index (κ1) is 26.6. The molecule has 1 aromatic carbocycles. The fraction of sp³-hybridized carbons (Fsp3) is 0.538. The highest BCUT2D eigenvalue weighted by molar-refractivity contribution is 5.96. The molecule has 0 saturated carbocycles. The Morgan fingerprint density at radius 3 is 2.68 bits per heavy atom. The summed E-state index contributed by atoms with van der Waals surface area (Å²) < 4.78 is 28.2. The number of benzene rings is 1. The van der Waals surface area contributed by atoms with Crippen molar-refractivity contribution in [1.82, 2.24) is 24.7 Å². The molecule has 1 fully saturated rings. The maximum atomic E-state index is 14.6. The number of aromatic nitrogens is 2. The minimum Gasteiger partial charge on any atom is -0.491 e. The number of carbonyl (C=O) groups excluding carboxylic acids is 2. The van der Waals surface area contributed by atoms with Crippen molar-refractivity contribution >= 4 is 17.8 Å². The van der Waals surface area contributed by atoms with Crippen molar-refractivity contribution in [3.05, 3.63) is 47.8 Å². The van der Waals surface area contributed by atoms with Crippen LogP contribution in [0, 0.1) is 17.1 Å². The van der Waals surface area contributed by atoms with E-state index >= 15 is 0 Å². The highest BCUT2D eigenvalue weighted by Gasteiger charge is 2.24. The third-order valence-electron chi connectivity index (χ3n) is 6.72. The zero-order valence-electron chi connectivity index (χ0n) is 21.4. The van der Waals surface area contributed by atoms with E-state index in [1.807, 2.05) is 24.6 Å². The Morgan fingerprint density at radius 1 is 1.16 bits per heavy atom. The van der Waals surface area contributed by atoms with E-state index in [0.29, 0.717) is 63.5 Å². The summed E-state index contributed by atoms with van der Waals surface area (Å²) in [5.74, 6) is 0.815. The van der Waals surface area contributed by atoms with E-state index < -0.39 is 5.82 Å². The number of nitrogens with one attached hydrogen (secondary N) is 2. The second kappa shape index (κ2) is 12.2. The average Bonchev–Trinajstić information content (AvgIpc) is 3.36. The van der Waals surface area contributed by atoms with Gasteiger partial charge in [-0.05, 0) is 24.5 Å². The number of piperidine rings is 1. The molecule has 2 N–H and O–H groups in total.